The smallest absolute Gasteiger partial charge is 0.255 e. The number of amides is 5. The molecule has 46 heavy (non-hydrogen) atoms. The third-order valence-corrected chi connectivity index (χ3v) is 7.39. The molecule has 2 heterocycles. The van der Waals surface area contributed by atoms with E-state index in [9.17, 15) is 24.0 Å². The average molecular weight is 639 g/mol. The summed E-state index contributed by atoms with van der Waals surface area (Å²) in [5, 5.41) is 14.0. The van der Waals surface area contributed by atoms with E-state index in [1.807, 2.05) is 31.2 Å². The highest BCUT2D eigenvalue weighted by Gasteiger charge is 2.39. The number of imide groups is 1. The highest BCUT2D eigenvalue weighted by Crippen LogP contribution is 2.29. The fourth-order valence-electron chi connectivity index (χ4n) is 4.94. The Labute approximate surface area is 267 Å². The van der Waals surface area contributed by atoms with Crippen molar-refractivity contribution in [1.82, 2.24) is 20.9 Å². The summed E-state index contributed by atoms with van der Waals surface area (Å²) in [5.74, 6) is -1.43. The van der Waals surface area contributed by atoms with Crippen LogP contribution in [0.4, 0.5) is 11.4 Å². The molecule has 0 aromatic heterocycles. The molecule has 2 aromatic rings. The number of anilines is 2. The first-order valence-corrected chi connectivity index (χ1v) is 15.4. The summed E-state index contributed by atoms with van der Waals surface area (Å²) in [5.41, 5.74) is 3.53. The zero-order chi connectivity index (χ0) is 32.7. The van der Waals surface area contributed by atoms with Gasteiger partial charge in [-0.1, -0.05) is 18.2 Å². The molecule has 0 aliphatic carbocycles. The first kappa shape index (κ1) is 34.3. The number of nitrogens with one attached hydrogen (secondary N) is 5. The maximum Gasteiger partial charge on any atom is 0.255 e. The van der Waals surface area contributed by atoms with Gasteiger partial charge in [-0.15, -0.1) is 0 Å². The lowest BCUT2D eigenvalue weighted by Crippen LogP contribution is -2.52. The van der Waals surface area contributed by atoms with Gasteiger partial charge < -0.3 is 40.4 Å². The van der Waals surface area contributed by atoms with E-state index in [-0.39, 0.29) is 43.1 Å². The molecular weight excluding hydrogens is 596 g/mol. The number of hydrogen-bond acceptors (Lipinski definition) is 10. The van der Waals surface area contributed by atoms with Crippen LogP contribution in [0.5, 0.6) is 0 Å². The molecule has 1 saturated heterocycles. The van der Waals surface area contributed by atoms with Crippen LogP contribution in [0.3, 0.4) is 0 Å². The van der Waals surface area contributed by atoms with Crippen LogP contribution in [0.2, 0.25) is 0 Å². The standard InChI is InChI=1S/C32H42N6O8/c1-2-44-13-14-46-16-15-45-12-11-33-29(40)19-34-24-6-3-22(4-7-24)18-36-30(41)20-35-25-8-5-23-21-38(32(43)26(23)17-25)27-9-10-28(39)37-31(27)42/h3-8,17,27,34-35H,2,9-16,18-21H2,1H3,(H,33,40)(H,36,41)(H,37,39,42). The highest BCUT2D eigenvalue weighted by atomic mass is 16.5. The van der Waals surface area contributed by atoms with Crippen LogP contribution in [-0.4, -0.2) is 99.8 Å². The number of hydrogen-bond donors (Lipinski definition) is 5. The number of nitrogens with zero attached hydrogens (tertiary/aromatic N) is 1. The number of piperidine rings is 1. The Morgan fingerprint density at radius 3 is 2.22 bits per heavy atom. The molecule has 5 N–H and O–H groups in total. The Balaban J connectivity index is 1.09. The monoisotopic (exact) mass is 638 g/mol. The molecular formula is C32H42N6O8. The van der Waals surface area contributed by atoms with Crippen LogP contribution in [0.15, 0.2) is 42.5 Å². The molecule has 2 aromatic carbocycles. The van der Waals surface area contributed by atoms with Crippen molar-refractivity contribution in [2.75, 3.05) is 69.9 Å². The van der Waals surface area contributed by atoms with Crippen molar-refractivity contribution in [1.29, 1.82) is 0 Å². The quantitative estimate of drug-likeness (QED) is 0.109. The SMILES string of the molecule is CCOCCOCCOCCNC(=O)CNc1ccc(CNC(=O)CNc2ccc3c(c2)C(=O)N(C2CCC(=O)NC2=O)C3)cc1. The van der Waals surface area contributed by atoms with Crippen molar-refractivity contribution in [3.63, 3.8) is 0 Å². The fraction of sp³-hybridized carbons (Fsp3) is 0.469. The molecule has 0 bridgehead atoms. The van der Waals surface area contributed by atoms with Crippen LogP contribution >= 0.6 is 0 Å². The summed E-state index contributed by atoms with van der Waals surface area (Å²) in [6, 6.07) is 12.0. The Kier molecular flexibility index (Phi) is 13.3. The normalized spacial score (nSPS) is 15.7. The molecule has 0 saturated carbocycles. The van der Waals surface area contributed by atoms with Gasteiger partial charge >= 0.3 is 0 Å². The van der Waals surface area contributed by atoms with Gasteiger partial charge in [0, 0.05) is 49.6 Å². The third-order valence-electron chi connectivity index (χ3n) is 7.39. The zero-order valence-corrected chi connectivity index (χ0v) is 26.0. The van der Waals surface area contributed by atoms with Crippen molar-refractivity contribution in [3.8, 4) is 0 Å². The summed E-state index contributed by atoms with van der Waals surface area (Å²) in [6.45, 7) is 6.18. The molecule has 5 amide bonds. The van der Waals surface area contributed by atoms with Gasteiger partial charge in [0.2, 0.25) is 23.6 Å². The van der Waals surface area contributed by atoms with Gasteiger partial charge in [-0.2, -0.15) is 0 Å². The van der Waals surface area contributed by atoms with E-state index in [1.54, 1.807) is 18.2 Å². The number of rotatable bonds is 19. The predicted octanol–water partition coefficient (Wildman–Crippen LogP) is 0.774. The molecule has 4 rings (SSSR count). The number of fused-ring (bicyclic) bond motifs is 1. The second-order valence-corrected chi connectivity index (χ2v) is 10.7. The molecule has 1 fully saturated rings. The molecule has 1 atom stereocenters. The zero-order valence-electron chi connectivity index (χ0n) is 26.0. The van der Waals surface area contributed by atoms with Crippen molar-refractivity contribution in [3.05, 3.63) is 59.2 Å². The van der Waals surface area contributed by atoms with E-state index in [2.05, 4.69) is 26.6 Å². The number of carbonyl (C=O) groups excluding carboxylic acids is 5. The van der Waals surface area contributed by atoms with E-state index < -0.39 is 11.9 Å². The largest absolute Gasteiger partial charge is 0.379 e. The van der Waals surface area contributed by atoms with E-state index in [0.717, 1.165) is 16.8 Å². The molecule has 248 valence electrons. The van der Waals surface area contributed by atoms with Crippen molar-refractivity contribution < 1.29 is 38.2 Å². The minimum absolute atomic E-state index is 0.00583. The van der Waals surface area contributed by atoms with Gasteiger partial charge in [0.1, 0.15) is 6.04 Å². The predicted molar refractivity (Wildman–Crippen MR) is 169 cm³/mol. The van der Waals surface area contributed by atoms with Crippen molar-refractivity contribution in [2.45, 2.75) is 38.9 Å². The van der Waals surface area contributed by atoms with Gasteiger partial charge in [-0.3, -0.25) is 29.3 Å². The second-order valence-electron chi connectivity index (χ2n) is 10.7. The third kappa shape index (κ3) is 10.5. The molecule has 1 unspecified atom stereocenters. The summed E-state index contributed by atoms with van der Waals surface area (Å²) in [6.07, 6.45) is 0.500. The Hall–Kier alpha value is -4.53. The summed E-state index contributed by atoms with van der Waals surface area (Å²) < 4.78 is 16.0. The highest BCUT2D eigenvalue weighted by molar-refractivity contribution is 6.05. The second kappa shape index (κ2) is 17.8. The molecule has 2 aliphatic rings. The topological polar surface area (TPSA) is 176 Å². The molecule has 0 spiro atoms. The maximum absolute atomic E-state index is 13.0. The lowest BCUT2D eigenvalue weighted by molar-refractivity contribution is -0.137. The first-order valence-electron chi connectivity index (χ1n) is 15.4. The molecule has 0 radical (unpaired) electrons. The van der Waals surface area contributed by atoms with Crippen LogP contribution in [-0.2, 0) is 46.5 Å². The van der Waals surface area contributed by atoms with Gasteiger partial charge in [0.15, 0.2) is 0 Å². The van der Waals surface area contributed by atoms with Gasteiger partial charge in [-0.25, -0.2) is 0 Å². The fourth-order valence-corrected chi connectivity index (χ4v) is 4.94. The van der Waals surface area contributed by atoms with E-state index >= 15 is 0 Å². The van der Waals surface area contributed by atoms with Crippen LogP contribution < -0.4 is 26.6 Å². The van der Waals surface area contributed by atoms with Gasteiger partial charge in [-0.05, 0) is 48.7 Å². The van der Waals surface area contributed by atoms with Crippen LogP contribution in [0.25, 0.3) is 0 Å². The Morgan fingerprint density at radius 1 is 0.848 bits per heavy atom. The van der Waals surface area contributed by atoms with Crippen LogP contribution in [0, 0.1) is 0 Å². The van der Waals surface area contributed by atoms with E-state index in [1.165, 1.54) is 4.90 Å². The first-order chi connectivity index (χ1) is 22.3. The minimum atomic E-state index is -0.673. The number of ether oxygens (including phenoxy) is 3. The summed E-state index contributed by atoms with van der Waals surface area (Å²) >= 11 is 0. The van der Waals surface area contributed by atoms with E-state index in [0.29, 0.717) is 76.9 Å². The lowest BCUT2D eigenvalue weighted by Gasteiger charge is -2.29. The summed E-state index contributed by atoms with van der Waals surface area (Å²) in [4.78, 5) is 62.7. The summed E-state index contributed by atoms with van der Waals surface area (Å²) in [7, 11) is 0. The molecule has 2 aliphatic heterocycles. The maximum atomic E-state index is 13.0. The van der Waals surface area contributed by atoms with Gasteiger partial charge in [0.05, 0.1) is 46.1 Å². The van der Waals surface area contributed by atoms with E-state index in [4.69, 9.17) is 14.2 Å². The number of benzene rings is 2. The minimum Gasteiger partial charge on any atom is -0.379 e. The number of carbonyl (C=O) groups is 5. The molecule has 14 nitrogen and oxygen atoms in total. The van der Waals surface area contributed by atoms with Crippen molar-refractivity contribution >= 4 is 40.9 Å². The van der Waals surface area contributed by atoms with Crippen molar-refractivity contribution in [2.24, 2.45) is 0 Å². The lowest BCUT2D eigenvalue weighted by atomic mass is 10.0. The Bertz CT molecular complexity index is 1370. The average Bonchev–Trinajstić information content (AvgIpc) is 3.38. The Morgan fingerprint density at radius 2 is 1.50 bits per heavy atom. The van der Waals surface area contributed by atoms with Crippen LogP contribution in [0.1, 0.15) is 41.3 Å². The molecule has 14 heteroatoms. The van der Waals surface area contributed by atoms with Gasteiger partial charge in [0.25, 0.3) is 5.91 Å².